The summed E-state index contributed by atoms with van der Waals surface area (Å²) in [6.07, 6.45) is 0.844. The van der Waals surface area contributed by atoms with E-state index in [-0.39, 0.29) is 0 Å². The van der Waals surface area contributed by atoms with E-state index in [2.05, 4.69) is 27.8 Å². The van der Waals surface area contributed by atoms with E-state index in [0.717, 1.165) is 42.1 Å². The van der Waals surface area contributed by atoms with Gasteiger partial charge in [-0.05, 0) is 24.6 Å². The van der Waals surface area contributed by atoms with Gasteiger partial charge in [0.15, 0.2) is 0 Å². The zero-order valence-corrected chi connectivity index (χ0v) is 10.4. The predicted octanol–water partition coefficient (Wildman–Crippen LogP) is 1.61. The molecule has 0 aliphatic heterocycles. The fourth-order valence-electron chi connectivity index (χ4n) is 1.95. The molecule has 1 heterocycles. The van der Waals surface area contributed by atoms with Crippen LogP contribution >= 0.6 is 0 Å². The third-order valence-electron chi connectivity index (χ3n) is 2.95. The summed E-state index contributed by atoms with van der Waals surface area (Å²) in [6, 6.07) is 6.19. The number of benzene rings is 1. The Morgan fingerprint density at radius 2 is 2.24 bits per heavy atom. The molecule has 2 aromatic rings. The molecule has 1 aromatic carbocycles. The highest BCUT2D eigenvalue weighted by atomic mass is 16.5. The first-order valence-electron chi connectivity index (χ1n) is 5.98. The van der Waals surface area contributed by atoms with Crippen molar-refractivity contribution in [1.82, 2.24) is 9.55 Å². The van der Waals surface area contributed by atoms with Crippen LogP contribution < -0.4 is 5.73 Å². The topological polar surface area (TPSA) is 53.1 Å². The van der Waals surface area contributed by atoms with Gasteiger partial charge in [0.05, 0.1) is 17.6 Å². The second-order valence-corrected chi connectivity index (χ2v) is 4.06. The number of imidazole rings is 1. The number of hydrogen-bond acceptors (Lipinski definition) is 3. The number of fused-ring (bicyclic) bond motifs is 1. The van der Waals surface area contributed by atoms with Crippen molar-refractivity contribution in [3.63, 3.8) is 0 Å². The molecule has 0 spiro atoms. The van der Waals surface area contributed by atoms with Crippen LogP contribution in [0.3, 0.4) is 0 Å². The maximum atomic E-state index is 5.63. The van der Waals surface area contributed by atoms with Crippen molar-refractivity contribution in [3.8, 4) is 0 Å². The van der Waals surface area contributed by atoms with Crippen LogP contribution in [-0.4, -0.2) is 22.8 Å². The molecular weight excluding hydrogens is 214 g/mol. The molecule has 0 fully saturated rings. The summed E-state index contributed by atoms with van der Waals surface area (Å²) in [7, 11) is 2.04. The molecule has 0 unspecified atom stereocenters. The molecule has 17 heavy (non-hydrogen) atoms. The largest absolute Gasteiger partial charge is 0.381 e. The first-order chi connectivity index (χ1) is 8.26. The second kappa shape index (κ2) is 5.29. The van der Waals surface area contributed by atoms with Crippen molar-refractivity contribution >= 4 is 11.0 Å². The van der Waals surface area contributed by atoms with E-state index in [1.165, 1.54) is 0 Å². The maximum absolute atomic E-state index is 5.63. The highest BCUT2D eigenvalue weighted by molar-refractivity contribution is 5.76. The molecule has 1 aromatic heterocycles. The highest BCUT2D eigenvalue weighted by Crippen LogP contribution is 2.17. The lowest BCUT2D eigenvalue weighted by atomic mass is 10.2. The number of aryl methyl sites for hydroxylation is 1. The van der Waals surface area contributed by atoms with Crippen LogP contribution in [0.5, 0.6) is 0 Å². The molecule has 0 saturated heterocycles. The van der Waals surface area contributed by atoms with E-state index in [9.17, 15) is 0 Å². The molecule has 0 aliphatic carbocycles. The molecule has 0 atom stereocenters. The molecule has 4 heteroatoms. The number of aromatic nitrogens is 2. The molecule has 0 radical (unpaired) electrons. The van der Waals surface area contributed by atoms with Gasteiger partial charge in [-0.25, -0.2) is 4.98 Å². The molecule has 4 nitrogen and oxygen atoms in total. The lowest BCUT2D eigenvalue weighted by molar-refractivity contribution is 0.149. The average molecular weight is 233 g/mol. The number of nitrogens with zero attached hydrogens (tertiary/aromatic N) is 2. The van der Waals surface area contributed by atoms with Gasteiger partial charge in [0.2, 0.25) is 0 Å². The van der Waals surface area contributed by atoms with Crippen molar-refractivity contribution in [2.45, 2.75) is 19.9 Å². The Morgan fingerprint density at radius 1 is 1.41 bits per heavy atom. The molecule has 92 valence electrons. The van der Waals surface area contributed by atoms with E-state index in [0.29, 0.717) is 6.54 Å². The fourth-order valence-corrected chi connectivity index (χ4v) is 1.95. The van der Waals surface area contributed by atoms with Gasteiger partial charge in [-0.2, -0.15) is 0 Å². The van der Waals surface area contributed by atoms with Crippen molar-refractivity contribution in [3.05, 3.63) is 29.6 Å². The monoisotopic (exact) mass is 233 g/mol. The normalized spacial score (nSPS) is 11.2. The third-order valence-corrected chi connectivity index (χ3v) is 2.95. The van der Waals surface area contributed by atoms with Crippen molar-refractivity contribution in [1.29, 1.82) is 0 Å². The number of ether oxygens (including phenoxy) is 1. The SMILES string of the molecule is CCOCCc1nc2cc(CN)ccc2n1C. The predicted molar refractivity (Wildman–Crippen MR) is 68.8 cm³/mol. The summed E-state index contributed by atoms with van der Waals surface area (Å²) >= 11 is 0. The minimum atomic E-state index is 0.556. The van der Waals surface area contributed by atoms with Crippen LogP contribution in [0.1, 0.15) is 18.3 Å². The van der Waals surface area contributed by atoms with E-state index in [1.807, 2.05) is 14.0 Å². The Kier molecular flexibility index (Phi) is 3.76. The zero-order chi connectivity index (χ0) is 12.3. The van der Waals surface area contributed by atoms with Gasteiger partial charge in [0.25, 0.3) is 0 Å². The Morgan fingerprint density at radius 3 is 2.94 bits per heavy atom. The smallest absolute Gasteiger partial charge is 0.111 e. The van der Waals surface area contributed by atoms with Crippen LogP contribution in [0.4, 0.5) is 0 Å². The molecule has 0 aliphatic rings. The van der Waals surface area contributed by atoms with E-state index in [4.69, 9.17) is 10.5 Å². The van der Waals surface area contributed by atoms with E-state index in [1.54, 1.807) is 0 Å². The van der Waals surface area contributed by atoms with Gasteiger partial charge >= 0.3 is 0 Å². The highest BCUT2D eigenvalue weighted by Gasteiger charge is 2.07. The van der Waals surface area contributed by atoms with Crippen LogP contribution in [0.2, 0.25) is 0 Å². The van der Waals surface area contributed by atoms with E-state index < -0.39 is 0 Å². The van der Waals surface area contributed by atoms with Crippen LogP contribution in [0.25, 0.3) is 11.0 Å². The number of nitrogens with two attached hydrogens (primary N) is 1. The summed E-state index contributed by atoms with van der Waals surface area (Å²) in [5.74, 6) is 1.06. The van der Waals surface area contributed by atoms with Gasteiger partial charge in [-0.15, -0.1) is 0 Å². The summed E-state index contributed by atoms with van der Waals surface area (Å²) in [6.45, 7) is 4.03. The van der Waals surface area contributed by atoms with Crippen LogP contribution in [0, 0.1) is 0 Å². The number of rotatable bonds is 5. The Balaban J connectivity index is 2.28. The summed E-state index contributed by atoms with van der Waals surface area (Å²) in [4.78, 5) is 4.62. The van der Waals surface area contributed by atoms with Crippen LogP contribution in [0.15, 0.2) is 18.2 Å². The van der Waals surface area contributed by atoms with Gasteiger partial charge in [0, 0.05) is 26.6 Å². The van der Waals surface area contributed by atoms with Gasteiger partial charge < -0.3 is 15.0 Å². The molecule has 0 amide bonds. The molecule has 0 saturated carbocycles. The lowest BCUT2D eigenvalue weighted by Crippen LogP contribution is -2.04. The van der Waals surface area contributed by atoms with E-state index >= 15 is 0 Å². The minimum absolute atomic E-state index is 0.556. The number of hydrogen-bond donors (Lipinski definition) is 1. The lowest BCUT2D eigenvalue weighted by Gasteiger charge is -2.02. The zero-order valence-electron chi connectivity index (χ0n) is 10.4. The molecular formula is C13H19N3O. The molecule has 2 N–H and O–H groups in total. The van der Waals surface area contributed by atoms with Gasteiger partial charge in [0.1, 0.15) is 5.82 Å². The van der Waals surface area contributed by atoms with Crippen molar-refractivity contribution in [2.24, 2.45) is 12.8 Å². The summed E-state index contributed by atoms with van der Waals surface area (Å²) in [5.41, 5.74) is 8.91. The Hall–Kier alpha value is -1.39. The van der Waals surface area contributed by atoms with Crippen molar-refractivity contribution in [2.75, 3.05) is 13.2 Å². The second-order valence-electron chi connectivity index (χ2n) is 4.06. The maximum Gasteiger partial charge on any atom is 0.111 e. The summed E-state index contributed by atoms with van der Waals surface area (Å²) in [5, 5.41) is 0. The van der Waals surface area contributed by atoms with Crippen LogP contribution in [-0.2, 0) is 24.8 Å². The van der Waals surface area contributed by atoms with Gasteiger partial charge in [-0.3, -0.25) is 0 Å². The summed E-state index contributed by atoms with van der Waals surface area (Å²) < 4.78 is 7.48. The first kappa shape index (κ1) is 12.1. The fraction of sp³-hybridized carbons (Fsp3) is 0.462. The quantitative estimate of drug-likeness (QED) is 0.798. The third kappa shape index (κ3) is 2.48. The standard InChI is InChI=1S/C13H19N3O/c1-3-17-7-6-13-15-11-8-10(9-14)4-5-12(11)16(13)2/h4-5,8H,3,6-7,9,14H2,1-2H3. The van der Waals surface area contributed by atoms with Crippen molar-refractivity contribution < 1.29 is 4.74 Å². The molecule has 0 bridgehead atoms. The Labute approximate surface area is 101 Å². The molecule has 2 rings (SSSR count). The van der Waals surface area contributed by atoms with Gasteiger partial charge in [-0.1, -0.05) is 6.07 Å². The first-order valence-corrected chi connectivity index (χ1v) is 5.98. The average Bonchev–Trinajstić information content (AvgIpc) is 2.66. The minimum Gasteiger partial charge on any atom is -0.381 e. The Bertz CT molecular complexity index is 505.